The number of hydrogen-bond donors (Lipinski definition) is 0. The number of amides is 1. The van der Waals surface area contributed by atoms with Gasteiger partial charge in [0.25, 0.3) is 0 Å². The van der Waals surface area contributed by atoms with Gasteiger partial charge < -0.3 is 9.64 Å². The highest BCUT2D eigenvalue weighted by Crippen LogP contribution is 2.37. The summed E-state index contributed by atoms with van der Waals surface area (Å²) in [6.45, 7) is 1.19. The fourth-order valence-corrected chi connectivity index (χ4v) is 3.50. The minimum atomic E-state index is -4.70. The molecular weight excluding hydrogens is 361 g/mol. The highest BCUT2D eigenvalue weighted by atomic mass is 32.2. The first-order valence-electron chi connectivity index (χ1n) is 7.60. The fraction of sp³-hybridized carbons (Fsp3) is 0.533. The van der Waals surface area contributed by atoms with E-state index in [0.29, 0.717) is 30.6 Å². The van der Waals surface area contributed by atoms with Crippen LogP contribution in [-0.2, 0) is 25.7 Å². The molecule has 1 fully saturated rings. The topological polar surface area (TPSA) is 66.9 Å². The Bertz CT molecular complexity index is 716. The third-order valence-electron chi connectivity index (χ3n) is 3.77. The van der Waals surface area contributed by atoms with Crippen LogP contribution in [0.4, 0.5) is 18.9 Å². The molecule has 6 nitrogen and oxygen atoms in total. The van der Waals surface area contributed by atoms with Gasteiger partial charge in [0.15, 0.2) is 0 Å². The molecule has 1 aliphatic rings. The van der Waals surface area contributed by atoms with Crippen LogP contribution >= 0.6 is 0 Å². The maximum absolute atomic E-state index is 13.2. The Morgan fingerprint density at radius 1 is 1.24 bits per heavy atom. The SMILES string of the molecule is CS(=O)(=O)N(CCC(=O)N1CCOCC1)c1ccccc1C(F)(F)F. The van der Waals surface area contributed by atoms with E-state index in [-0.39, 0.29) is 18.9 Å². The van der Waals surface area contributed by atoms with Gasteiger partial charge in [-0.2, -0.15) is 13.2 Å². The van der Waals surface area contributed by atoms with Crippen molar-refractivity contribution in [2.24, 2.45) is 0 Å². The van der Waals surface area contributed by atoms with Crippen molar-refractivity contribution < 1.29 is 31.1 Å². The highest BCUT2D eigenvalue weighted by Gasteiger charge is 2.36. The average molecular weight is 380 g/mol. The van der Waals surface area contributed by atoms with Crippen LogP contribution < -0.4 is 4.31 Å². The third-order valence-corrected chi connectivity index (χ3v) is 4.95. The predicted molar refractivity (Wildman–Crippen MR) is 85.6 cm³/mol. The van der Waals surface area contributed by atoms with Crippen LogP contribution in [0.25, 0.3) is 0 Å². The van der Waals surface area contributed by atoms with Crippen LogP contribution in [0.2, 0.25) is 0 Å². The van der Waals surface area contributed by atoms with Crippen LogP contribution in [0.5, 0.6) is 0 Å². The number of hydrogen-bond acceptors (Lipinski definition) is 4. The lowest BCUT2D eigenvalue weighted by Crippen LogP contribution is -2.42. The van der Waals surface area contributed by atoms with Gasteiger partial charge in [-0.25, -0.2) is 8.42 Å². The largest absolute Gasteiger partial charge is 0.418 e. The van der Waals surface area contributed by atoms with Crippen molar-refractivity contribution in [1.82, 2.24) is 4.90 Å². The monoisotopic (exact) mass is 380 g/mol. The zero-order valence-corrected chi connectivity index (χ0v) is 14.4. The molecule has 1 aliphatic heterocycles. The minimum Gasteiger partial charge on any atom is -0.378 e. The van der Waals surface area contributed by atoms with E-state index < -0.39 is 27.5 Å². The van der Waals surface area contributed by atoms with Gasteiger partial charge in [-0.3, -0.25) is 9.10 Å². The van der Waals surface area contributed by atoms with Gasteiger partial charge in [0, 0.05) is 26.1 Å². The molecule has 140 valence electrons. The van der Waals surface area contributed by atoms with Gasteiger partial charge >= 0.3 is 6.18 Å². The number of sulfonamides is 1. The summed E-state index contributed by atoms with van der Waals surface area (Å²) in [7, 11) is -3.99. The molecule has 1 aromatic carbocycles. The Hall–Kier alpha value is -1.81. The van der Waals surface area contributed by atoms with E-state index in [2.05, 4.69) is 0 Å². The zero-order chi connectivity index (χ0) is 18.7. The third kappa shape index (κ3) is 5.08. The van der Waals surface area contributed by atoms with Crippen molar-refractivity contribution in [3.63, 3.8) is 0 Å². The number of ether oxygens (including phenoxy) is 1. The first-order valence-corrected chi connectivity index (χ1v) is 9.45. The molecule has 25 heavy (non-hydrogen) atoms. The number of rotatable bonds is 5. The second-order valence-electron chi connectivity index (χ2n) is 5.59. The Labute approximate surface area is 144 Å². The smallest absolute Gasteiger partial charge is 0.378 e. The molecule has 0 unspecified atom stereocenters. The summed E-state index contributed by atoms with van der Waals surface area (Å²) in [5.41, 5.74) is -1.54. The fourth-order valence-electron chi connectivity index (χ4n) is 2.56. The minimum absolute atomic E-state index is 0.209. The van der Waals surface area contributed by atoms with E-state index in [1.807, 2.05) is 0 Å². The molecule has 0 N–H and O–H groups in total. The highest BCUT2D eigenvalue weighted by molar-refractivity contribution is 7.92. The molecule has 0 atom stereocenters. The normalized spacial score (nSPS) is 15.9. The lowest BCUT2D eigenvalue weighted by Gasteiger charge is -2.29. The average Bonchev–Trinajstić information content (AvgIpc) is 2.54. The maximum Gasteiger partial charge on any atom is 0.418 e. The van der Waals surface area contributed by atoms with Gasteiger partial charge in [-0.1, -0.05) is 12.1 Å². The van der Waals surface area contributed by atoms with Crippen molar-refractivity contribution >= 4 is 21.6 Å². The van der Waals surface area contributed by atoms with E-state index in [1.165, 1.54) is 17.0 Å². The van der Waals surface area contributed by atoms with Crippen molar-refractivity contribution in [2.45, 2.75) is 12.6 Å². The van der Waals surface area contributed by atoms with Gasteiger partial charge in [0.05, 0.1) is 30.7 Å². The number of nitrogens with zero attached hydrogens (tertiary/aromatic N) is 2. The number of carbonyl (C=O) groups excluding carboxylic acids is 1. The number of anilines is 1. The Balaban J connectivity index is 2.22. The molecule has 0 aromatic heterocycles. The standard InChI is InChI=1S/C15H19F3N2O4S/c1-25(22,23)20(7-6-14(21)19-8-10-24-11-9-19)13-5-3-2-4-12(13)15(16,17)18/h2-5H,6-11H2,1H3. The molecule has 2 rings (SSSR count). The van der Waals surface area contributed by atoms with E-state index in [1.54, 1.807) is 0 Å². The predicted octanol–water partition coefficient (Wildman–Crippen LogP) is 1.72. The number of carbonyl (C=O) groups is 1. The maximum atomic E-state index is 13.2. The number of halogens is 3. The molecule has 1 amide bonds. The summed E-state index contributed by atoms with van der Waals surface area (Å²) in [4.78, 5) is 13.7. The molecule has 0 radical (unpaired) electrons. The van der Waals surface area contributed by atoms with Gasteiger partial charge in [-0.15, -0.1) is 0 Å². The summed E-state index contributed by atoms with van der Waals surface area (Å²) in [6, 6.07) is 4.42. The zero-order valence-electron chi connectivity index (χ0n) is 13.6. The van der Waals surface area contributed by atoms with Crippen molar-refractivity contribution in [3.8, 4) is 0 Å². The molecular formula is C15H19F3N2O4S. The molecule has 10 heteroatoms. The van der Waals surface area contributed by atoms with Crippen LogP contribution in [0.15, 0.2) is 24.3 Å². The first-order chi connectivity index (χ1) is 11.6. The van der Waals surface area contributed by atoms with Crippen LogP contribution in [-0.4, -0.2) is 58.3 Å². The Morgan fingerprint density at radius 2 is 1.84 bits per heavy atom. The number of para-hydroxylation sites is 1. The summed E-state index contributed by atoms with van der Waals surface area (Å²) in [5.74, 6) is -0.318. The number of benzene rings is 1. The van der Waals surface area contributed by atoms with Crippen molar-refractivity contribution in [3.05, 3.63) is 29.8 Å². The number of morpholine rings is 1. The van der Waals surface area contributed by atoms with E-state index in [9.17, 15) is 26.4 Å². The molecule has 1 heterocycles. The summed E-state index contributed by atoms with van der Waals surface area (Å²) in [6.07, 6.45) is -4.09. The molecule has 1 saturated heterocycles. The molecule has 0 aliphatic carbocycles. The first kappa shape index (κ1) is 19.5. The molecule has 0 bridgehead atoms. The second-order valence-corrected chi connectivity index (χ2v) is 7.50. The van der Waals surface area contributed by atoms with Crippen molar-refractivity contribution in [2.75, 3.05) is 43.4 Å². The quantitative estimate of drug-likeness (QED) is 0.780. The Kier molecular flexibility index (Phi) is 5.94. The molecule has 1 aromatic rings. The second kappa shape index (κ2) is 7.61. The van der Waals surface area contributed by atoms with Crippen LogP contribution in [0.1, 0.15) is 12.0 Å². The van der Waals surface area contributed by atoms with Gasteiger partial charge in [0.1, 0.15) is 0 Å². The van der Waals surface area contributed by atoms with E-state index in [4.69, 9.17) is 4.74 Å². The molecule has 0 saturated carbocycles. The molecule has 0 spiro atoms. The van der Waals surface area contributed by atoms with E-state index in [0.717, 1.165) is 18.4 Å². The summed E-state index contributed by atoms with van der Waals surface area (Å²) in [5, 5.41) is 0. The Morgan fingerprint density at radius 3 is 2.40 bits per heavy atom. The lowest BCUT2D eigenvalue weighted by atomic mass is 10.1. The summed E-state index contributed by atoms with van der Waals surface area (Å²) < 4.78 is 69.3. The summed E-state index contributed by atoms with van der Waals surface area (Å²) >= 11 is 0. The van der Waals surface area contributed by atoms with Crippen LogP contribution in [0.3, 0.4) is 0 Å². The van der Waals surface area contributed by atoms with Crippen molar-refractivity contribution in [1.29, 1.82) is 0 Å². The van der Waals surface area contributed by atoms with E-state index >= 15 is 0 Å². The lowest BCUT2D eigenvalue weighted by molar-refractivity contribution is -0.137. The van der Waals surface area contributed by atoms with Gasteiger partial charge in [-0.05, 0) is 12.1 Å². The van der Waals surface area contributed by atoms with Gasteiger partial charge in [0.2, 0.25) is 15.9 Å². The van der Waals surface area contributed by atoms with Crippen LogP contribution in [0, 0.1) is 0 Å². The number of alkyl halides is 3.